The number of hydrogen-bond donors (Lipinski definition) is 6. The summed E-state index contributed by atoms with van der Waals surface area (Å²) in [5, 5.41) is 23.2. The van der Waals surface area contributed by atoms with Gasteiger partial charge in [0.2, 0.25) is 0 Å². The molecule has 0 aliphatic carbocycles. The smallest absolute Gasteiger partial charge is 0.498 e. The summed E-state index contributed by atoms with van der Waals surface area (Å²) in [6, 6.07) is 22.0. The third-order valence-electron chi connectivity index (χ3n) is 9.36. The van der Waals surface area contributed by atoms with Gasteiger partial charge >= 0.3 is 7.12 Å². The van der Waals surface area contributed by atoms with Gasteiger partial charge in [0.25, 0.3) is 0 Å². The van der Waals surface area contributed by atoms with E-state index in [1.807, 2.05) is 27.7 Å². The summed E-state index contributed by atoms with van der Waals surface area (Å²) in [4.78, 5) is 11.7. The van der Waals surface area contributed by atoms with Crippen molar-refractivity contribution in [3.05, 3.63) is 167 Å². The number of nitrogen functional groups attached to an aromatic ring is 3. The quantitative estimate of drug-likeness (QED) is 0.0395. The third-order valence-corrected chi connectivity index (χ3v) is 10.0. The molecule has 5 aromatic heterocycles. The van der Waals surface area contributed by atoms with Crippen LogP contribution in [-0.4, -0.2) is 58.8 Å². The molecule has 15 nitrogen and oxygen atoms in total. The second kappa shape index (κ2) is 23.4. The molecule has 8 aromatic rings. The van der Waals surface area contributed by atoms with E-state index in [4.69, 9.17) is 75.9 Å². The first-order chi connectivity index (χ1) is 31.8. The molecule has 0 unspecified atom stereocenters. The number of anilines is 3. The summed E-state index contributed by atoms with van der Waals surface area (Å²) in [6.07, 6.45) is 11.6. The second-order valence-corrected chi connectivity index (χ2v) is 16.1. The van der Waals surface area contributed by atoms with Crippen molar-refractivity contribution in [2.45, 2.75) is 38.9 Å². The van der Waals surface area contributed by atoms with Gasteiger partial charge in [-0.3, -0.25) is 15.2 Å². The van der Waals surface area contributed by atoms with Crippen LogP contribution in [0.15, 0.2) is 134 Å². The van der Waals surface area contributed by atoms with Gasteiger partial charge in [0, 0.05) is 83.6 Å². The van der Waals surface area contributed by atoms with E-state index in [0.717, 1.165) is 17.1 Å². The number of nitrogens with zero attached hydrogens (tertiary/aromatic N) is 5. The predicted octanol–water partition coefficient (Wildman–Crippen LogP) is 10.4. The minimum Gasteiger partial charge on any atom is -0.508 e. The van der Waals surface area contributed by atoms with E-state index in [1.165, 1.54) is 48.7 Å². The molecule has 0 saturated carbocycles. The Hall–Kier alpha value is -7.03. The van der Waals surface area contributed by atoms with Crippen LogP contribution in [0.4, 0.5) is 30.2 Å². The molecule has 0 spiro atoms. The van der Waals surface area contributed by atoms with Gasteiger partial charge in [-0.15, -0.1) is 0 Å². The lowest BCUT2D eigenvalue weighted by Gasteiger charge is -2.32. The highest BCUT2D eigenvalue weighted by molar-refractivity contribution is 6.61. The summed E-state index contributed by atoms with van der Waals surface area (Å²) in [5.74, 6) is 0.0560. The predicted molar refractivity (Wildman–Crippen MR) is 254 cm³/mol. The van der Waals surface area contributed by atoms with Crippen molar-refractivity contribution in [1.29, 1.82) is 0 Å². The van der Waals surface area contributed by atoms with Crippen LogP contribution in [0.2, 0.25) is 15.3 Å². The summed E-state index contributed by atoms with van der Waals surface area (Å²) in [6.45, 7) is 8.14. The van der Waals surface area contributed by atoms with Crippen LogP contribution in [0.5, 0.6) is 28.7 Å². The van der Waals surface area contributed by atoms with Gasteiger partial charge in [-0.2, -0.15) is 10.2 Å². The molecule has 3 aromatic carbocycles. The van der Waals surface area contributed by atoms with Crippen molar-refractivity contribution in [2.24, 2.45) is 0 Å². The lowest BCUT2D eigenvalue weighted by atomic mass is 9.82. The van der Waals surface area contributed by atoms with E-state index >= 15 is 0 Å². The molecule has 0 bridgehead atoms. The molecule has 0 amide bonds. The number of aromatic nitrogens is 7. The Morgan fingerprint density at radius 1 is 0.582 bits per heavy atom. The van der Waals surface area contributed by atoms with Crippen molar-refractivity contribution in [3.63, 3.8) is 0 Å². The molecule has 348 valence electrons. The van der Waals surface area contributed by atoms with E-state index in [2.05, 4.69) is 35.3 Å². The maximum Gasteiger partial charge on any atom is 0.498 e. The number of phenols is 1. The summed E-state index contributed by atoms with van der Waals surface area (Å²) < 4.78 is 61.4. The van der Waals surface area contributed by atoms with Crippen molar-refractivity contribution in [1.82, 2.24) is 35.3 Å². The molecule has 1 saturated heterocycles. The Bertz CT molecular complexity index is 2800. The van der Waals surface area contributed by atoms with Gasteiger partial charge in [-0.05, 0) is 88.4 Å². The fraction of sp³-hybridized carbons (Fsp3) is 0.133. The normalized spacial score (nSPS) is 13.0. The highest BCUT2D eigenvalue weighted by Gasteiger charge is 2.52. The highest BCUT2D eigenvalue weighted by Crippen LogP contribution is 2.36. The van der Waals surface area contributed by atoms with Gasteiger partial charge in [-0.1, -0.05) is 34.8 Å². The number of phenolic OH excluding ortho intramolecular Hbond substituents is 1. The van der Waals surface area contributed by atoms with E-state index in [9.17, 15) is 13.2 Å². The number of nitrogens with two attached hydrogens (primary N) is 3. The number of aromatic amines is 2. The zero-order valence-electron chi connectivity index (χ0n) is 36.1. The molecule has 1 aliphatic rings. The zero-order valence-corrected chi connectivity index (χ0v) is 38.4. The Labute approximate surface area is 398 Å². The molecule has 9 N–H and O–H groups in total. The number of pyridine rings is 3. The van der Waals surface area contributed by atoms with Crippen LogP contribution >= 0.6 is 34.8 Å². The van der Waals surface area contributed by atoms with Gasteiger partial charge in [-0.25, -0.2) is 23.1 Å². The standard InChI is InChI=1S/C14H11FN4O.C11H8ClFN2O.C9H15BN2O2.C6H6FNO.C5H3Cl2N/c15-12-5-10(1-2-13(12)16)20-11-3-4-17-14(6-11)9-7-18-19-8-9;12-11-6-8(3-4-15-11)16-7-1-2-10(14)9(13)5-7;1-8(2)9(3,4)14-10(13-8)7-5-11-12-6-7;7-5-3-4(9)1-2-6(5)8;6-4-1-2-8-5(7)3-4/h1-8H,16H2,(H,18,19);1-6H,14H2;5-6H,1-4H3,(H,11,12);1-3,9H,8H2;1-3H. The number of aromatic hydroxyl groups is 1. The number of H-pyrrole nitrogens is 2. The molecule has 0 atom stereocenters. The summed E-state index contributed by atoms with van der Waals surface area (Å²) in [7, 11) is -0.307. The van der Waals surface area contributed by atoms with E-state index < -0.39 is 17.5 Å². The number of rotatable bonds is 6. The second-order valence-electron chi connectivity index (χ2n) is 14.9. The average molecular weight is 978 g/mol. The SMILES string of the molecule is CC1(C)OB(c2cn[nH]c2)OC1(C)C.Clc1ccnc(Cl)c1.Nc1ccc(O)cc1F.Nc1ccc(Oc2ccnc(-c3cn[nH]c3)c2)cc1F.Nc1ccc(Oc2ccnc(Cl)c2)cc1F. The van der Waals surface area contributed by atoms with E-state index in [1.54, 1.807) is 79.6 Å². The molecule has 9 rings (SSSR count). The largest absolute Gasteiger partial charge is 0.508 e. The zero-order chi connectivity index (χ0) is 48.7. The third kappa shape index (κ3) is 15.5. The first kappa shape index (κ1) is 51.0. The maximum absolute atomic E-state index is 13.4. The lowest BCUT2D eigenvalue weighted by molar-refractivity contribution is 0.00578. The van der Waals surface area contributed by atoms with Crippen LogP contribution in [0, 0.1) is 17.5 Å². The number of benzene rings is 3. The van der Waals surface area contributed by atoms with Crippen LogP contribution in [0.1, 0.15) is 27.7 Å². The van der Waals surface area contributed by atoms with Gasteiger partial charge in [0.1, 0.15) is 56.5 Å². The topological polar surface area (TPSA) is 231 Å². The summed E-state index contributed by atoms with van der Waals surface area (Å²) in [5.41, 5.74) is 18.0. The minimum atomic E-state index is -0.588. The lowest BCUT2D eigenvalue weighted by Crippen LogP contribution is -2.41. The van der Waals surface area contributed by atoms with Crippen LogP contribution in [0.25, 0.3) is 11.3 Å². The van der Waals surface area contributed by atoms with E-state index in [0.29, 0.717) is 44.0 Å². The number of ether oxygens (including phenoxy) is 2. The Balaban J connectivity index is 0.000000163. The molecular weight excluding hydrogens is 935 g/mol. The van der Waals surface area contributed by atoms with Crippen molar-refractivity contribution in [2.75, 3.05) is 17.2 Å². The number of hydrogen-bond acceptors (Lipinski definition) is 13. The number of halogens is 6. The first-order valence-corrected chi connectivity index (χ1v) is 20.8. The van der Waals surface area contributed by atoms with Crippen LogP contribution in [0.3, 0.4) is 0 Å². The van der Waals surface area contributed by atoms with Crippen LogP contribution in [-0.2, 0) is 9.31 Å². The highest BCUT2D eigenvalue weighted by atomic mass is 35.5. The van der Waals surface area contributed by atoms with Crippen molar-refractivity contribution in [3.8, 4) is 40.0 Å². The molecule has 22 heteroatoms. The molecule has 6 heterocycles. The molecule has 1 fully saturated rings. The minimum absolute atomic E-state index is 0.0489. The first-order valence-electron chi connectivity index (χ1n) is 19.7. The monoisotopic (exact) mass is 976 g/mol. The fourth-order valence-corrected chi connectivity index (χ4v) is 5.70. The maximum atomic E-state index is 13.4. The molecule has 67 heavy (non-hydrogen) atoms. The van der Waals surface area contributed by atoms with Crippen LogP contribution < -0.4 is 32.1 Å². The van der Waals surface area contributed by atoms with Crippen molar-refractivity contribution >= 4 is 64.4 Å². The average Bonchev–Trinajstić information content (AvgIpc) is 4.06. The van der Waals surface area contributed by atoms with Crippen molar-refractivity contribution < 1.29 is 37.1 Å². The fourth-order valence-electron chi connectivity index (χ4n) is 5.15. The Morgan fingerprint density at radius 3 is 1.51 bits per heavy atom. The van der Waals surface area contributed by atoms with Gasteiger partial charge in [0.05, 0.1) is 40.2 Å². The Kier molecular flexibility index (Phi) is 17.8. The number of nitrogens with one attached hydrogen (secondary N) is 2. The Morgan fingerprint density at radius 2 is 1.06 bits per heavy atom. The van der Waals surface area contributed by atoms with Gasteiger partial charge < -0.3 is 41.1 Å². The molecule has 1 aliphatic heterocycles. The summed E-state index contributed by atoms with van der Waals surface area (Å²) >= 11 is 16.7. The van der Waals surface area contributed by atoms with E-state index in [-0.39, 0.29) is 41.1 Å². The molecular formula is C45H43BCl3F3N10O5. The van der Waals surface area contributed by atoms with Gasteiger partial charge in [0.15, 0.2) is 0 Å². The molecule has 0 radical (unpaired) electrons.